The van der Waals surface area contributed by atoms with Gasteiger partial charge in [0, 0.05) is 6.20 Å². The standard InChI is InChI=1S/C8H9F2NO3/c1-14-5-2-11-6(8(9)10)4(3-12)7(5)13/h2,8,12H,3H2,1H3,(H,11,13). The number of aliphatic hydroxyl groups is 1. The molecule has 0 radical (unpaired) electrons. The van der Waals surface area contributed by atoms with Gasteiger partial charge in [-0.25, -0.2) is 8.78 Å². The molecule has 1 heterocycles. The normalized spacial score (nSPS) is 10.6. The summed E-state index contributed by atoms with van der Waals surface area (Å²) < 4.78 is 29.2. The third kappa shape index (κ3) is 1.74. The van der Waals surface area contributed by atoms with Gasteiger partial charge in [-0.2, -0.15) is 0 Å². The SMILES string of the molecule is COc1c[nH]c(C(F)F)c(CO)c1=O. The predicted octanol–water partition coefficient (Wildman–Crippen LogP) is 0.813. The van der Waals surface area contributed by atoms with Gasteiger partial charge in [0.1, 0.15) is 0 Å². The van der Waals surface area contributed by atoms with E-state index in [1.54, 1.807) is 0 Å². The average Bonchev–Trinajstić information content (AvgIpc) is 2.17. The van der Waals surface area contributed by atoms with Crippen LogP contribution in [0.1, 0.15) is 17.7 Å². The minimum Gasteiger partial charge on any atom is -0.491 e. The first-order valence-corrected chi connectivity index (χ1v) is 3.79. The Bertz CT molecular complexity index is 375. The number of hydrogen-bond acceptors (Lipinski definition) is 3. The monoisotopic (exact) mass is 205 g/mol. The Hall–Kier alpha value is -1.43. The molecule has 0 aromatic carbocycles. The van der Waals surface area contributed by atoms with Gasteiger partial charge < -0.3 is 14.8 Å². The fourth-order valence-electron chi connectivity index (χ4n) is 1.07. The molecule has 0 bridgehead atoms. The van der Waals surface area contributed by atoms with Crippen LogP contribution in [0.3, 0.4) is 0 Å². The Morgan fingerprint density at radius 3 is 2.71 bits per heavy atom. The Labute approximate surface area is 78.1 Å². The van der Waals surface area contributed by atoms with Crippen LogP contribution in [-0.4, -0.2) is 17.2 Å². The zero-order chi connectivity index (χ0) is 10.7. The number of H-pyrrole nitrogens is 1. The largest absolute Gasteiger partial charge is 0.491 e. The van der Waals surface area contributed by atoms with E-state index in [0.29, 0.717) is 0 Å². The van der Waals surface area contributed by atoms with Crippen molar-refractivity contribution in [3.63, 3.8) is 0 Å². The number of aromatic amines is 1. The topological polar surface area (TPSA) is 62.3 Å². The molecular weight excluding hydrogens is 196 g/mol. The molecule has 2 N–H and O–H groups in total. The fraction of sp³-hybridized carbons (Fsp3) is 0.375. The number of methoxy groups -OCH3 is 1. The smallest absolute Gasteiger partial charge is 0.278 e. The zero-order valence-corrected chi connectivity index (χ0v) is 7.38. The van der Waals surface area contributed by atoms with Gasteiger partial charge in [0.2, 0.25) is 5.43 Å². The van der Waals surface area contributed by atoms with E-state index in [9.17, 15) is 13.6 Å². The number of rotatable bonds is 3. The lowest BCUT2D eigenvalue weighted by atomic mass is 10.2. The molecule has 1 rings (SSSR count). The number of pyridine rings is 1. The highest BCUT2D eigenvalue weighted by Gasteiger charge is 2.17. The second-order valence-corrected chi connectivity index (χ2v) is 2.54. The van der Waals surface area contributed by atoms with Crippen LogP contribution in [0.2, 0.25) is 0 Å². The van der Waals surface area contributed by atoms with E-state index in [-0.39, 0.29) is 11.3 Å². The Morgan fingerprint density at radius 1 is 1.64 bits per heavy atom. The number of ether oxygens (including phenoxy) is 1. The van der Waals surface area contributed by atoms with Crippen molar-refractivity contribution in [1.29, 1.82) is 0 Å². The fourth-order valence-corrected chi connectivity index (χ4v) is 1.07. The molecule has 0 spiro atoms. The molecule has 0 aliphatic carbocycles. The van der Waals surface area contributed by atoms with Gasteiger partial charge in [0.25, 0.3) is 6.43 Å². The summed E-state index contributed by atoms with van der Waals surface area (Å²) in [6.45, 7) is -0.744. The molecular formula is C8H9F2NO3. The molecule has 0 aliphatic heterocycles. The van der Waals surface area contributed by atoms with E-state index in [1.165, 1.54) is 7.11 Å². The number of nitrogens with one attached hydrogen (secondary N) is 1. The number of alkyl halides is 2. The van der Waals surface area contributed by atoms with Gasteiger partial charge in [0.05, 0.1) is 25.0 Å². The number of hydrogen-bond donors (Lipinski definition) is 2. The van der Waals surface area contributed by atoms with Crippen molar-refractivity contribution < 1.29 is 18.6 Å². The number of aromatic nitrogens is 1. The molecule has 14 heavy (non-hydrogen) atoms. The van der Waals surface area contributed by atoms with E-state index >= 15 is 0 Å². The average molecular weight is 205 g/mol. The summed E-state index contributed by atoms with van der Waals surface area (Å²) >= 11 is 0. The summed E-state index contributed by atoms with van der Waals surface area (Å²) in [7, 11) is 1.24. The molecule has 6 heteroatoms. The van der Waals surface area contributed by atoms with Gasteiger partial charge in [0.15, 0.2) is 5.75 Å². The van der Waals surface area contributed by atoms with Gasteiger partial charge >= 0.3 is 0 Å². The van der Waals surface area contributed by atoms with Gasteiger partial charge in [-0.3, -0.25) is 4.79 Å². The van der Waals surface area contributed by atoms with Gasteiger partial charge in [-0.05, 0) is 0 Å². The highest BCUT2D eigenvalue weighted by Crippen LogP contribution is 2.19. The van der Waals surface area contributed by atoms with Crippen LogP contribution in [0.5, 0.6) is 5.75 Å². The Kier molecular flexibility index (Phi) is 3.19. The van der Waals surface area contributed by atoms with Crippen molar-refractivity contribution >= 4 is 0 Å². The first-order valence-electron chi connectivity index (χ1n) is 3.79. The van der Waals surface area contributed by atoms with E-state index < -0.39 is 24.2 Å². The zero-order valence-electron chi connectivity index (χ0n) is 7.38. The molecule has 0 fully saturated rings. The first-order chi connectivity index (χ1) is 6.61. The van der Waals surface area contributed by atoms with Crippen molar-refractivity contribution in [3.05, 3.63) is 27.7 Å². The molecule has 0 atom stereocenters. The van der Waals surface area contributed by atoms with Crippen LogP contribution in [0.4, 0.5) is 8.78 Å². The molecule has 0 saturated heterocycles. The van der Waals surface area contributed by atoms with Crippen LogP contribution in [-0.2, 0) is 6.61 Å². The van der Waals surface area contributed by atoms with Gasteiger partial charge in [-0.15, -0.1) is 0 Å². The summed E-state index contributed by atoms with van der Waals surface area (Å²) in [6, 6.07) is 0. The molecule has 0 unspecified atom stereocenters. The highest BCUT2D eigenvalue weighted by molar-refractivity contribution is 5.29. The van der Waals surface area contributed by atoms with Crippen molar-refractivity contribution in [2.24, 2.45) is 0 Å². The van der Waals surface area contributed by atoms with Crippen molar-refractivity contribution in [1.82, 2.24) is 4.98 Å². The lowest BCUT2D eigenvalue weighted by Gasteiger charge is -2.07. The number of halogens is 2. The predicted molar refractivity (Wildman–Crippen MR) is 44.5 cm³/mol. The lowest BCUT2D eigenvalue weighted by molar-refractivity contribution is 0.141. The minimum absolute atomic E-state index is 0.0987. The van der Waals surface area contributed by atoms with Crippen LogP contribution in [0.25, 0.3) is 0 Å². The minimum atomic E-state index is -2.82. The maximum atomic E-state index is 12.3. The molecule has 0 aliphatic rings. The Morgan fingerprint density at radius 2 is 2.29 bits per heavy atom. The Balaban J connectivity index is 3.36. The summed E-state index contributed by atoms with van der Waals surface area (Å²) in [5.74, 6) is -0.0987. The van der Waals surface area contributed by atoms with Crippen LogP contribution in [0, 0.1) is 0 Å². The summed E-state index contributed by atoms with van der Waals surface area (Å²) in [5, 5.41) is 8.76. The molecule has 1 aromatic heterocycles. The van der Waals surface area contributed by atoms with Crippen molar-refractivity contribution in [3.8, 4) is 5.75 Å². The van der Waals surface area contributed by atoms with Crippen molar-refractivity contribution in [2.75, 3.05) is 7.11 Å². The van der Waals surface area contributed by atoms with Crippen LogP contribution < -0.4 is 10.2 Å². The van der Waals surface area contributed by atoms with Crippen LogP contribution in [0.15, 0.2) is 11.0 Å². The summed E-state index contributed by atoms with van der Waals surface area (Å²) in [6.07, 6.45) is -1.78. The molecule has 0 saturated carbocycles. The lowest BCUT2D eigenvalue weighted by Crippen LogP contribution is -2.16. The van der Waals surface area contributed by atoms with E-state index in [2.05, 4.69) is 9.72 Å². The third-order valence-electron chi connectivity index (χ3n) is 1.78. The summed E-state index contributed by atoms with van der Waals surface area (Å²) in [4.78, 5) is 13.5. The second-order valence-electron chi connectivity index (χ2n) is 2.54. The van der Waals surface area contributed by atoms with E-state index in [1.807, 2.05) is 0 Å². The quantitative estimate of drug-likeness (QED) is 0.767. The van der Waals surface area contributed by atoms with E-state index in [0.717, 1.165) is 6.20 Å². The first kappa shape index (κ1) is 10.6. The molecule has 1 aromatic rings. The molecule has 0 amide bonds. The van der Waals surface area contributed by atoms with Crippen molar-refractivity contribution in [2.45, 2.75) is 13.0 Å². The van der Waals surface area contributed by atoms with Gasteiger partial charge in [-0.1, -0.05) is 0 Å². The maximum Gasteiger partial charge on any atom is 0.278 e. The summed E-state index contributed by atoms with van der Waals surface area (Å²) in [5.41, 5.74) is -1.65. The third-order valence-corrected chi connectivity index (χ3v) is 1.78. The number of aliphatic hydroxyl groups excluding tert-OH is 1. The maximum absolute atomic E-state index is 12.3. The molecule has 4 nitrogen and oxygen atoms in total. The second kappa shape index (κ2) is 4.19. The van der Waals surface area contributed by atoms with Crippen LogP contribution >= 0.6 is 0 Å². The molecule has 78 valence electrons. The van der Waals surface area contributed by atoms with E-state index in [4.69, 9.17) is 5.11 Å². The highest BCUT2D eigenvalue weighted by atomic mass is 19.3.